The number of amides is 1. The quantitative estimate of drug-likeness (QED) is 0.886. The molecule has 21 heavy (non-hydrogen) atoms. The van der Waals surface area contributed by atoms with Gasteiger partial charge in [-0.15, -0.1) is 0 Å². The van der Waals surface area contributed by atoms with E-state index in [0.29, 0.717) is 11.6 Å². The van der Waals surface area contributed by atoms with Gasteiger partial charge in [-0.1, -0.05) is 26.0 Å². The number of benzene rings is 1. The molecule has 1 aromatic carbocycles. The highest BCUT2D eigenvalue weighted by Gasteiger charge is 2.07. The SMILES string of the molecule is Cc1cc(C(=O)Nc2cccc(CNC(C)C)c2)ccn1. The molecule has 0 aliphatic heterocycles. The van der Waals surface area contributed by atoms with Crippen LogP contribution in [0.15, 0.2) is 42.6 Å². The fourth-order valence-electron chi connectivity index (χ4n) is 1.97. The Labute approximate surface area is 125 Å². The number of anilines is 1. The number of hydrogen-bond acceptors (Lipinski definition) is 3. The van der Waals surface area contributed by atoms with Crippen LogP contribution in [0, 0.1) is 6.92 Å². The summed E-state index contributed by atoms with van der Waals surface area (Å²) < 4.78 is 0. The van der Waals surface area contributed by atoms with Gasteiger partial charge in [0.1, 0.15) is 0 Å². The molecule has 0 atom stereocenters. The number of hydrogen-bond donors (Lipinski definition) is 2. The molecule has 2 rings (SSSR count). The zero-order chi connectivity index (χ0) is 15.2. The van der Waals surface area contributed by atoms with E-state index >= 15 is 0 Å². The highest BCUT2D eigenvalue weighted by Crippen LogP contribution is 2.12. The molecule has 1 heterocycles. The van der Waals surface area contributed by atoms with E-state index in [1.54, 1.807) is 18.3 Å². The zero-order valence-corrected chi connectivity index (χ0v) is 12.7. The van der Waals surface area contributed by atoms with Crippen molar-refractivity contribution in [1.82, 2.24) is 10.3 Å². The van der Waals surface area contributed by atoms with Crippen molar-refractivity contribution in [2.24, 2.45) is 0 Å². The maximum Gasteiger partial charge on any atom is 0.255 e. The Morgan fingerprint density at radius 3 is 2.76 bits per heavy atom. The first-order valence-corrected chi connectivity index (χ1v) is 7.11. The summed E-state index contributed by atoms with van der Waals surface area (Å²) in [4.78, 5) is 16.3. The molecule has 2 aromatic rings. The van der Waals surface area contributed by atoms with Gasteiger partial charge in [0, 0.05) is 35.7 Å². The standard InChI is InChI=1S/C17H21N3O/c1-12(2)19-11-14-5-4-6-16(10-14)20-17(21)15-7-8-18-13(3)9-15/h4-10,12,19H,11H2,1-3H3,(H,20,21). The van der Waals surface area contributed by atoms with E-state index in [1.165, 1.54) is 0 Å². The monoisotopic (exact) mass is 283 g/mol. The summed E-state index contributed by atoms with van der Waals surface area (Å²) in [5.41, 5.74) is 3.40. The largest absolute Gasteiger partial charge is 0.322 e. The molecule has 0 saturated heterocycles. The predicted octanol–water partition coefficient (Wildman–Crippen LogP) is 3.14. The molecule has 0 aliphatic carbocycles. The van der Waals surface area contributed by atoms with Crippen LogP contribution in [0.4, 0.5) is 5.69 Å². The molecule has 110 valence electrons. The van der Waals surface area contributed by atoms with Crippen molar-refractivity contribution in [3.8, 4) is 0 Å². The smallest absolute Gasteiger partial charge is 0.255 e. The van der Waals surface area contributed by atoms with Gasteiger partial charge in [-0.2, -0.15) is 0 Å². The number of carbonyl (C=O) groups is 1. The van der Waals surface area contributed by atoms with Crippen molar-refractivity contribution in [3.63, 3.8) is 0 Å². The first-order chi connectivity index (χ1) is 10.0. The normalized spacial score (nSPS) is 10.7. The van der Waals surface area contributed by atoms with E-state index in [4.69, 9.17) is 0 Å². The lowest BCUT2D eigenvalue weighted by Gasteiger charge is -2.10. The number of nitrogens with zero attached hydrogens (tertiary/aromatic N) is 1. The van der Waals surface area contributed by atoms with Gasteiger partial charge in [0.2, 0.25) is 0 Å². The average Bonchev–Trinajstić information content (AvgIpc) is 2.45. The van der Waals surface area contributed by atoms with Crippen LogP contribution in [0.3, 0.4) is 0 Å². The zero-order valence-electron chi connectivity index (χ0n) is 12.7. The van der Waals surface area contributed by atoms with Crippen LogP contribution in [0.25, 0.3) is 0 Å². The summed E-state index contributed by atoms with van der Waals surface area (Å²) in [5.74, 6) is -0.116. The Balaban J connectivity index is 2.05. The summed E-state index contributed by atoms with van der Waals surface area (Å²) in [5, 5.41) is 6.28. The Kier molecular flexibility index (Phi) is 5.06. The minimum atomic E-state index is -0.116. The minimum absolute atomic E-state index is 0.116. The van der Waals surface area contributed by atoms with E-state index in [0.717, 1.165) is 23.5 Å². The Bertz CT molecular complexity index is 623. The molecular formula is C17H21N3O. The van der Waals surface area contributed by atoms with Gasteiger partial charge in [-0.05, 0) is 36.8 Å². The van der Waals surface area contributed by atoms with Crippen molar-refractivity contribution in [2.45, 2.75) is 33.4 Å². The van der Waals surface area contributed by atoms with Gasteiger partial charge in [0.15, 0.2) is 0 Å². The Morgan fingerprint density at radius 1 is 1.24 bits per heavy atom. The Hall–Kier alpha value is -2.20. The third-order valence-corrected chi connectivity index (χ3v) is 3.06. The van der Waals surface area contributed by atoms with Crippen molar-refractivity contribution >= 4 is 11.6 Å². The molecule has 0 unspecified atom stereocenters. The van der Waals surface area contributed by atoms with E-state index < -0.39 is 0 Å². The number of aryl methyl sites for hydroxylation is 1. The predicted molar refractivity (Wildman–Crippen MR) is 85.3 cm³/mol. The fourth-order valence-corrected chi connectivity index (χ4v) is 1.97. The molecular weight excluding hydrogens is 262 g/mol. The van der Waals surface area contributed by atoms with Crippen LogP contribution in [-0.4, -0.2) is 16.9 Å². The van der Waals surface area contributed by atoms with Gasteiger partial charge < -0.3 is 10.6 Å². The third-order valence-electron chi connectivity index (χ3n) is 3.06. The molecule has 1 aromatic heterocycles. The number of carbonyl (C=O) groups excluding carboxylic acids is 1. The maximum absolute atomic E-state index is 12.2. The van der Waals surface area contributed by atoms with Gasteiger partial charge >= 0.3 is 0 Å². The third kappa shape index (κ3) is 4.68. The van der Waals surface area contributed by atoms with Crippen LogP contribution >= 0.6 is 0 Å². The second-order valence-electron chi connectivity index (χ2n) is 5.38. The molecule has 1 amide bonds. The lowest BCUT2D eigenvalue weighted by atomic mass is 10.1. The highest BCUT2D eigenvalue weighted by atomic mass is 16.1. The van der Waals surface area contributed by atoms with Crippen molar-refractivity contribution < 1.29 is 4.79 Å². The lowest BCUT2D eigenvalue weighted by Crippen LogP contribution is -2.21. The second-order valence-corrected chi connectivity index (χ2v) is 5.38. The number of nitrogens with one attached hydrogen (secondary N) is 2. The second kappa shape index (κ2) is 6.99. The Morgan fingerprint density at radius 2 is 2.05 bits per heavy atom. The van der Waals surface area contributed by atoms with Crippen molar-refractivity contribution in [3.05, 3.63) is 59.4 Å². The van der Waals surface area contributed by atoms with Crippen LogP contribution in [-0.2, 0) is 6.54 Å². The molecule has 0 radical (unpaired) electrons. The van der Waals surface area contributed by atoms with Gasteiger partial charge in [-0.3, -0.25) is 9.78 Å². The molecule has 0 bridgehead atoms. The van der Waals surface area contributed by atoms with E-state index in [-0.39, 0.29) is 5.91 Å². The molecule has 0 fully saturated rings. The van der Waals surface area contributed by atoms with E-state index in [9.17, 15) is 4.79 Å². The van der Waals surface area contributed by atoms with Gasteiger partial charge in [-0.25, -0.2) is 0 Å². The number of aromatic nitrogens is 1. The molecule has 2 N–H and O–H groups in total. The maximum atomic E-state index is 12.2. The highest BCUT2D eigenvalue weighted by molar-refractivity contribution is 6.04. The molecule has 4 heteroatoms. The minimum Gasteiger partial charge on any atom is -0.322 e. The summed E-state index contributed by atoms with van der Waals surface area (Å²) >= 11 is 0. The summed E-state index contributed by atoms with van der Waals surface area (Å²) in [6, 6.07) is 11.8. The molecule has 0 spiro atoms. The van der Waals surface area contributed by atoms with Crippen LogP contribution < -0.4 is 10.6 Å². The lowest BCUT2D eigenvalue weighted by molar-refractivity contribution is 0.102. The van der Waals surface area contributed by atoms with Crippen molar-refractivity contribution in [2.75, 3.05) is 5.32 Å². The van der Waals surface area contributed by atoms with Gasteiger partial charge in [0.05, 0.1) is 0 Å². The summed E-state index contributed by atoms with van der Waals surface area (Å²) in [7, 11) is 0. The first kappa shape index (κ1) is 15.2. The van der Waals surface area contributed by atoms with Crippen molar-refractivity contribution in [1.29, 1.82) is 0 Å². The van der Waals surface area contributed by atoms with Gasteiger partial charge in [0.25, 0.3) is 5.91 Å². The summed E-state index contributed by atoms with van der Waals surface area (Å²) in [6.07, 6.45) is 1.65. The summed E-state index contributed by atoms with van der Waals surface area (Å²) in [6.45, 7) is 6.87. The first-order valence-electron chi connectivity index (χ1n) is 7.11. The van der Waals surface area contributed by atoms with Crippen LogP contribution in [0.1, 0.15) is 35.5 Å². The fraction of sp³-hybridized carbons (Fsp3) is 0.294. The number of rotatable bonds is 5. The average molecular weight is 283 g/mol. The topological polar surface area (TPSA) is 54.0 Å². The van der Waals surface area contributed by atoms with Crippen LogP contribution in [0.2, 0.25) is 0 Å². The molecule has 4 nitrogen and oxygen atoms in total. The van der Waals surface area contributed by atoms with E-state index in [2.05, 4.69) is 29.5 Å². The number of pyridine rings is 1. The van der Waals surface area contributed by atoms with E-state index in [1.807, 2.05) is 31.2 Å². The molecule has 0 saturated carbocycles. The molecule has 0 aliphatic rings. The van der Waals surface area contributed by atoms with Crippen LogP contribution in [0.5, 0.6) is 0 Å².